The molecule has 0 fully saturated rings. The van der Waals surface area contributed by atoms with Crippen LogP contribution in [-0.2, 0) is 10.0 Å². The smallest absolute Gasteiger partial charge is 0.404 e. The first kappa shape index (κ1) is 18.4. The van der Waals surface area contributed by atoms with Crippen molar-refractivity contribution in [3.8, 4) is 5.75 Å². The Kier molecular flexibility index (Phi) is 5.89. The highest BCUT2D eigenvalue weighted by molar-refractivity contribution is 7.90. The largest absolute Gasteiger partial charge is 0.573 e. The summed E-state index contributed by atoms with van der Waals surface area (Å²) in [4.78, 5) is 10.7. The number of sulfonamides is 1. The topological polar surface area (TPSA) is 84.5 Å². The van der Waals surface area contributed by atoms with Gasteiger partial charge in [0, 0.05) is 12.6 Å². The van der Waals surface area contributed by atoms with Crippen molar-refractivity contribution >= 4 is 27.7 Å². The number of hydrogen-bond acceptors (Lipinski definition) is 4. The molecule has 0 spiro atoms. The molecular formula is C11H12ClF3N2O4S. The van der Waals surface area contributed by atoms with Gasteiger partial charge in [0.15, 0.2) is 0 Å². The van der Waals surface area contributed by atoms with Gasteiger partial charge < -0.3 is 10.1 Å². The van der Waals surface area contributed by atoms with Gasteiger partial charge in [0.25, 0.3) is 10.0 Å². The van der Waals surface area contributed by atoms with Gasteiger partial charge in [-0.1, -0.05) is 18.5 Å². The maximum atomic E-state index is 12.2. The molecule has 0 aliphatic heterocycles. The third-order valence-electron chi connectivity index (χ3n) is 2.20. The van der Waals surface area contributed by atoms with Crippen LogP contribution in [0.5, 0.6) is 5.75 Å². The molecule has 0 aliphatic rings. The van der Waals surface area contributed by atoms with E-state index in [1.54, 1.807) is 11.6 Å². The predicted octanol–water partition coefficient (Wildman–Crippen LogP) is 2.64. The van der Waals surface area contributed by atoms with Gasteiger partial charge in [-0.2, -0.15) is 0 Å². The zero-order valence-corrected chi connectivity index (χ0v) is 12.8. The van der Waals surface area contributed by atoms with Crippen LogP contribution in [0, 0.1) is 0 Å². The third kappa shape index (κ3) is 5.60. The van der Waals surface area contributed by atoms with Gasteiger partial charge in [-0.05, 0) is 18.6 Å². The van der Waals surface area contributed by atoms with Crippen molar-refractivity contribution < 1.29 is 31.1 Å². The highest BCUT2D eigenvalue weighted by Gasteiger charge is 2.32. The molecule has 1 aromatic carbocycles. The van der Waals surface area contributed by atoms with Gasteiger partial charge in [0.05, 0.1) is 9.92 Å². The van der Waals surface area contributed by atoms with E-state index in [9.17, 15) is 26.4 Å². The number of ether oxygens (including phenoxy) is 1. The molecule has 2 N–H and O–H groups in total. The monoisotopic (exact) mass is 360 g/mol. The number of amides is 2. The zero-order valence-electron chi connectivity index (χ0n) is 11.2. The van der Waals surface area contributed by atoms with Gasteiger partial charge in [0.2, 0.25) is 0 Å². The molecule has 0 aliphatic carbocycles. The van der Waals surface area contributed by atoms with E-state index in [1.807, 2.05) is 0 Å². The van der Waals surface area contributed by atoms with Crippen LogP contribution < -0.4 is 14.8 Å². The zero-order chi connectivity index (χ0) is 17.0. The Morgan fingerprint density at radius 3 is 2.55 bits per heavy atom. The van der Waals surface area contributed by atoms with Crippen LogP contribution in [0.15, 0.2) is 23.1 Å². The van der Waals surface area contributed by atoms with Gasteiger partial charge in [-0.15, -0.1) is 13.2 Å². The van der Waals surface area contributed by atoms with Gasteiger partial charge in [0.1, 0.15) is 5.75 Å². The molecule has 2 amide bonds. The lowest BCUT2D eigenvalue weighted by molar-refractivity contribution is -0.274. The van der Waals surface area contributed by atoms with E-state index < -0.39 is 38.1 Å². The van der Waals surface area contributed by atoms with Gasteiger partial charge in [-0.25, -0.2) is 17.9 Å². The first-order valence-corrected chi connectivity index (χ1v) is 7.77. The van der Waals surface area contributed by atoms with Crippen molar-refractivity contribution in [2.75, 3.05) is 6.54 Å². The van der Waals surface area contributed by atoms with Crippen molar-refractivity contribution in [2.24, 2.45) is 0 Å². The van der Waals surface area contributed by atoms with Crippen molar-refractivity contribution in [3.05, 3.63) is 23.2 Å². The van der Waals surface area contributed by atoms with E-state index in [-0.39, 0.29) is 6.54 Å². The molecule has 124 valence electrons. The Bertz CT molecular complexity index is 649. The van der Waals surface area contributed by atoms with E-state index in [2.05, 4.69) is 10.1 Å². The summed E-state index contributed by atoms with van der Waals surface area (Å²) in [6.45, 7) is 2.00. The molecule has 0 saturated carbocycles. The molecular weight excluding hydrogens is 349 g/mol. The number of nitrogens with one attached hydrogen (secondary N) is 2. The minimum atomic E-state index is -5.03. The van der Waals surface area contributed by atoms with Crippen LogP contribution >= 0.6 is 11.6 Å². The Balaban J connectivity index is 3.00. The van der Waals surface area contributed by atoms with Crippen LogP contribution in [0.3, 0.4) is 0 Å². The van der Waals surface area contributed by atoms with E-state index in [0.717, 1.165) is 12.1 Å². The van der Waals surface area contributed by atoms with Crippen LogP contribution in [-0.4, -0.2) is 27.4 Å². The molecule has 0 saturated heterocycles. The molecule has 0 unspecified atom stereocenters. The standard InChI is InChI=1S/C11H12ClF3N2O4S/c1-2-5-16-10(18)17-22(19,20)7-3-4-8(12)9(6-7)21-11(13,14)15/h3-4,6H,2,5H2,1H3,(H2,16,17,18). The van der Waals surface area contributed by atoms with Crippen molar-refractivity contribution in [1.82, 2.24) is 10.0 Å². The van der Waals surface area contributed by atoms with Gasteiger partial charge >= 0.3 is 12.4 Å². The van der Waals surface area contributed by atoms with Crippen LogP contribution in [0.1, 0.15) is 13.3 Å². The average molecular weight is 361 g/mol. The van der Waals surface area contributed by atoms with E-state index in [1.165, 1.54) is 0 Å². The van der Waals surface area contributed by atoms with Gasteiger partial charge in [-0.3, -0.25) is 0 Å². The Labute approximate surface area is 129 Å². The molecule has 0 heterocycles. The maximum Gasteiger partial charge on any atom is 0.573 e. The Morgan fingerprint density at radius 2 is 2.00 bits per heavy atom. The van der Waals surface area contributed by atoms with E-state index >= 15 is 0 Å². The number of carbonyl (C=O) groups excluding carboxylic acids is 1. The molecule has 0 radical (unpaired) electrons. The molecule has 0 aromatic heterocycles. The molecule has 1 aromatic rings. The number of alkyl halides is 3. The first-order chi connectivity index (χ1) is 10.0. The lowest BCUT2D eigenvalue weighted by atomic mass is 10.3. The minimum absolute atomic E-state index is 0.240. The Hall–Kier alpha value is -1.68. The highest BCUT2D eigenvalue weighted by Crippen LogP contribution is 2.32. The van der Waals surface area contributed by atoms with Crippen molar-refractivity contribution in [3.63, 3.8) is 0 Å². The average Bonchev–Trinajstić information content (AvgIpc) is 2.36. The fraction of sp³-hybridized carbons (Fsp3) is 0.364. The molecule has 0 atom stereocenters. The normalized spacial score (nSPS) is 11.9. The van der Waals surface area contributed by atoms with Crippen LogP contribution in [0.25, 0.3) is 0 Å². The lowest BCUT2D eigenvalue weighted by Crippen LogP contribution is -2.39. The molecule has 6 nitrogen and oxygen atoms in total. The second-order valence-electron chi connectivity index (χ2n) is 4.00. The molecule has 11 heteroatoms. The predicted molar refractivity (Wildman–Crippen MR) is 72.1 cm³/mol. The number of carbonyl (C=O) groups is 1. The summed E-state index contributed by atoms with van der Waals surface area (Å²) in [5.74, 6) is -0.883. The number of rotatable bonds is 5. The second-order valence-corrected chi connectivity index (χ2v) is 6.09. The third-order valence-corrected chi connectivity index (χ3v) is 3.84. The summed E-state index contributed by atoms with van der Waals surface area (Å²) in [6.07, 6.45) is -4.45. The fourth-order valence-corrected chi connectivity index (χ4v) is 2.41. The van der Waals surface area contributed by atoms with E-state index in [0.29, 0.717) is 12.5 Å². The SMILES string of the molecule is CCCNC(=O)NS(=O)(=O)c1ccc(Cl)c(OC(F)(F)F)c1. The lowest BCUT2D eigenvalue weighted by Gasteiger charge is -2.12. The van der Waals surface area contributed by atoms with Crippen molar-refractivity contribution in [2.45, 2.75) is 24.6 Å². The van der Waals surface area contributed by atoms with Crippen LogP contribution in [0.4, 0.5) is 18.0 Å². The minimum Gasteiger partial charge on any atom is -0.404 e. The summed E-state index contributed by atoms with van der Waals surface area (Å²) < 4.78 is 65.6. The van der Waals surface area contributed by atoms with Crippen LogP contribution in [0.2, 0.25) is 5.02 Å². The molecule has 22 heavy (non-hydrogen) atoms. The summed E-state index contributed by atoms with van der Waals surface area (Å²) in [7, 11) is -4.35. The number of hydrogen-bond donors (Lipinski definition) is 2. The summed E-state index contributed by atoms with van der Waals surface area (Å²) in [5.41, 5.74) is 0. The number of halogens is 4. The Morgan fingerprint density at radius 1 is 1.36 bits per heavy atom. The second kappa shape index (κ2) is 7.05. The number of benzene rings is 1. The van der Waals surface area contributed by atoms with E-state index in [4.69, 9.17) is 11.6 Å². The summed E-state index contributed by atoms with van der Waals surface area (Å²) in [5, 5.41) is 1.83. The number of urea groups is 1. The first-order valence-electron chi connectivity index (χ1n) is 5.91. The fourth-order valence-electron chi connectivity index (χ4n) is 1.31. The van der Waals surface area contributed by atoms with Crippen molar-refractivity contribution in [1.29, 1.82) is 0 Å². The highest BCUT2D eigenvalue weighted by atomic mass is 35.5. The quantitative estimate of drug-likeness (QED) is 0.845. The maximum absolute atomic E-state index is 12.2. The molecule has 1 rings (SSSR count). The summed E-state index contributed by atoms with van der Waals surface area (Å²) in [6, 6.07) is 1.45. The summed E-state index contributed by atoms with van der Waals surface area (Å²) >= 11 is 5.51. The molecule has 0 bridgehead atoms.